The Morgan fingerprint density at radius 2 is 1.74 bits per heavy atom. The van der Waals surface area contributed by atoms with Crippen molar-refractivity contribution < 1.29 is 41.1 Å². The van der Waals surface area contributed by atoms with Crippen LogP contribution in [-0.2, 0) is 20.8 Å². The minimum atomic E-state index is -4.63. The SMILES string of the molecule is CC(C)c1ccc(S(=O)(=O)C[C@@H]2CC(NC(=O)O)CC[C@@H]2N2CCC(NC(=O)c3cccc(C(F)(F)F)c3)C2=O)cc1. The summed E-state index contributed by atoms with van der Waals surface area (Å²) in [5.41, 5.74) is -0.232. The molecule has 228 valence electrons. The van der Waals surface area contributed by atoms with Crippen molar-refractivity contribution >= 4 is 27.7 Å². The molecule has 0 spiro atoms. The molecule has 3 N–H and O–H groups in total. The Morgan fingerprint density at radius 3 is 2.36 bits per heavy atom. The highest BCUT2D eigenvalue weighted by molar-refractivity contribution is 7.91. The highest BCUT2D eigenvalue weighted by atomic mass is 32.2. The predicted molar refractivity (Wildman–Crippen MR) is 148 cm³/mol. The van der Waals surface area contributed by atoms with Gasteiger partial charge in [-0.1, -0.05) is 32.0 Å². The third-order valence-corrected chi connectivity index (χ3v) is 9.86. The molecule has 1 saturated heterocycles. The lowest BCUT2D eigenvalue weighted by molar-refractivity contribution is -0.137. The summed E-state index contributed by atoms with van der Waals surface area (Å²) < 4.78 is 66.2. The minimum Gasteiger partial charge on any atom is -0.465 e. The van der Waals surface area contributed by atoms with E-state index in [1.54, 1.807) is 24.3 Å². The van der Waals surface area contributed by atoms with Gasteiger partial charge in [-0.2, -0.15) is 13.2 Å². The molecule has 42 heavy (non-hydrogen) atoms. The Bertz CT molecular complexity index is 1430. The summed E-state index contributed by atoms with van der Waals surface area (Å²) in [6.45, 7) is 4.20. The number of hydrogen-bond acceptors (Lipinski definition) is 5. The van der Waals surface area contributed by atoms with Crippen LogP contribution in [0.15, 0.2) is 53.4 Å². The molecule has 4 atom stereocenters. The molecular weight excluding hydrogens is 575 g/mol. The van der Waals surface area contributed by atoms with Gasteiger partial charge in [0.1, 0.15) is 6.04 Å². The first-order valence-corrected chi connectivity index (χ1v) is 15.4. The minimum absolute atomic E-state index is 0.137. The number of carbonyl (C=O) groups is 3. The standard InChI is InChI=1S/C29H34F3N3O6S/c1-17(2)18-6-9-23(10-7-18)42(40,41)16-20-15-22(33-28(38)39)8-11-25(20)35-13-12-24(27(35)37)34-26(36)19-4-3-5-21(14-19)29(30,31)32/h3-7,9-10,14,17,20,22,24-25,33H,8,11-13,15-16H2,1-2H3,(H,34,36)(H,38,39)/t20-,22?,24?,25-/m0/s1. The molecule has 2 aromatic rings. The van der Waals surface area contributed by atoms with Crippen LogP contribution in [0.1, 0.15) is 66.9 Å². The van der Waals surface area contributed by atoms with Crippen LogP contribution < -0.4 is 10.6 Å². The number of nitrogens with one attached hydrogen (secondary N) is 2. The van der Waals surface area contributed by atoms with E-state index >= 15 is 0 Å². The van der Waals surface area contributed by atoms with Gasteiger partial charge in [-0.3, -0.25) is 9.59 Å². The van der Waals surface area contributed by atoms with Gasteiger partial charge in [0.05, 0.1) is 16.2 Å². The maximum Gasteiger partial charge on any atom is 0.416 e. The summed E-state index contributed by atoms with van der Waals surface area (Å²) in [6.07, 6.45) is -4.72. The number of benzene rings is 2. The summed E-state index contributed by atoms with van der Waals surface area (Å²) in [4.78, 5) is 39.1. The van der Waals surface area contributed by atoms with Crippen LogP contribution in [0.5, 0.6) is 0 Å². The van der Waals surface area contributed by atoms with Crippen molar-refractivity contribution in [1.82, 2.24) is 15.5 Å². The van der Waals surface area contributed by atoms with E-state index in [0.717, 1.165) is 23.8 Å². The number of sulfone groups is 1. The number of hydrogen-bond donors (Lipinski definition) is 3. The fourth-order valence-electron chi connectivity index (χ4n) is 5.82. The van der Waals surface area contributed by atoms with E-state index in [0.29, 0.717) is 12.8 Å². The molecule has 0 aromatic heterocycles. The van der Waals surface area contributed by atoms with Crippen LogP contribution in [0.25, 0.3) is 0 Å². The Morgan fingerprint density at radius 1 is 1.05 bits per heavy atom. The number of carboxylic acid groups (broad SMARTS) is 1. The average Bonchev–Trinajstić information content (AvgIpc) is 3.27. The van der Waals surface area contributed by atoms with E-state index in [1.807, 2.05) is 13.8 Å². The molecule has 3 amide bonds. The number of likely N-dealkylation sites (tertiary alicyclic amines) is 1. The number of halogens is 3. The van der Waals surface area contributed by atoms with Crippen molar-refractivity contribution in [1.29, 1.82) is 0 Å². The number of nitrogens with zero attached hydrogens (tertiary/aromatic N) is 1. The van der Waals surface area contributed by atoms with E-state index in [9.17, 15) is 41.1 Å². The quantitative estimate of drug-likeness (QED) is 0.406. The first-order chi connectivity index (χ1) is 19.7. The summed E-state index contributed by atoms with van der Waals surface area (Å²) in [5, 5.41) is 14.2. The van der Waals surface area contributed by atoms with Crippen molar-refractivity contribution in [3.8, 4) is 0 Å². The molecule has 0 bridgehead atoms. The van der Waals surface area contributed by atoms with Gasteiger partial charge in [-0.15, -0.1) is 0 Å². The highest BCUT2D eigenvalue weighted by Gasteiger charge is 2.44. The molecule has 1 heterocycles. The molecule has 0 radical (unpaired) electrons. The summed E-state index contributed by atoms with van der Waals surface area (Å²) in [5.74, 6) is -1.95. The average molecular weight is 610 g/mol. The summed E-state index contributed by atoms with van der Waals surface area (Å²) in [6, 6.07) is 8.53. The molecule has 2 aromatic carbocycles. The molecular formula is C29H34F3N3O6S. The van der Waals surface area contributed by atoms with Gasteiger partial charge in [-0.05, 0) is 73.4 Å². The van der Waals surface area contributed by atoms with E-state index in [1.165, 1.54) is 11.0 Å². The van der Waals surface area contributed by atoms with E-state index in [4.69, 9.17) is 0 Å². The van der Waals surface area contributed by atoms with Gasteiger partial charge >= 0.3 is 12.3 Å². The van der Waals surface area contributed by atoms with Crippen LogP contribution in [0.4, 0.5) is 18.0 Å². The Hall–Kier alpha value is -3.61. The molecule has 9 nitrogen and oxygen atoms in total. The maximum absolute atomic E-state index is 13.4. The Kier molecular flexibility index (Phi) is 9.19. The molecule has 2 unspecified atom stereocenters. The molecule has 2 aliphatic rings. The van der Waals surface area contributed by atoms with Crippen LogP contribution >= 0.6 is 0 Å². The van der Waals surface area contributed by atoms with Crippen molar-refractivity contribution in [2.45, 2.75) is 74.6 Å². The fraction of sp³-hybridized carbons (Fsp3) is 0.483. The Labute approximate surface area is 242 Å². The van der Waals surface area contributed by atoms with Crippen LogP contribution in [-0.4, -0.2) is 66.8 Å². The molecule has 2 fully saturated rings. The van der Waals surface area contributed by atoms with Crippen LogP contribution in [0.2, 0.25) is 0 Å². The van der Waals surface area contributed by atoms with E-state index < -0.39 is 63.5 Å². The number of amides is 3. The third-order valence-electron chi connectivity index (χ3n) is 8.01. The van der Waals surface area contributed by atoms with Gasteiger partial charge in [0.15, 0.2) is 9.84 Å². The number of alkyl halides is 3. The van der Waals surface area contributed by atoms with Gasteiger partial charge in [0, 0.05) is 24.2 Å². The van der Waals surface area contributed by atoms with Gasteiger partial charge in [-0.25, -0.2) is 13.2 Å². The van der Waals surface area contributed by atoms with Gasteiger partial charge in [0.25, 0.3) is 5.91 Å². The monoisotopic (exact) mass is 609 g/mol. The highest BCUT2D eigenvalue weighted by Crippen LogP contribution is 2.34. The zero-order valence-corrected chi connectivity index (χ0v) is 24.0. The predicted octanol–water partition coefficient (Wildman–Crippen LogP) is 4.44. The summed E-state index contributed by atoms with van der Waals surface area (Å²) in [7, 11) is -3.79. The van der Waals surface area contributed by atoms with Gasteiger partial charge < -0.3 is 20.6 Å². The first-order valence-electron chi connectivity index (χ1n) is 13.8. The first kappa shape index (κ1) is 31.3. The Balaban J connectivity index is 1.51. The van der Waals surface area contributed by atoms with Crippen LogP contribution in [0.3, 0.4) is 0 Å². The number of rotatable bonds is 8. The topological polar surface area (TPSA) is 133 Å². The lowest BCUT2D eigenvalue weighted by Crippen LogP contribution is -2.52. The zero-order valence-electron chi connectivity index (χ0n) is 23.2. The smallest absolute Gasteiger partial charge is 0.416 e. The normalized spacial score (nSPS) is 23.2. The van der Waals surface area contributed by atoms with E-state index in [-0.39, 0.29) is 41.5 Å². The van der Waals surface area contributed by atoms with Crippen molar-refractivity contribution in [2.24, 2.45) is 5.92 Å². The van der Waals surface area contributed by atoms with Crippen molar-refractivity contribution in [3.05, 3.63) is 65.2 Å². The van der Waals surface area contributed by atoms with Crippen molar-refractivity contribution in [3.63, 3.8) is 0 Å². The van der Waals surface area contributed by atoms with Crippen LogP contribution in [0, 0.1) is 5.92 Å². The second-order valence-electron chi connectivity index (χ2n) is 11.2. The molecule has 1 saturated carbocycles. The molecule has 13 heteroatoms. The largest absolute Gasteiger partial charge is 0.465 e. The zero-order chi connectivity index (χ0) is 30.8. The second kappa shape index (κ2) is 12.3. The third kappa shape index (κ3) is 7.23. The fourth-order valence-corrected chi connectivity index (χ4v) is 7.49. The van der Waals surface area contributed by atoms with Crippen molar-refractivity contribution in [2.75, 3.05) is 12.3 Å². The molecule has 4 rings (SSSR count). The molecule has 1 aliphatic heterocycles. The summed E-state index contributed by atoms with van der Waals surface area (Å²) >= 11 is 0. The lowest BCUT2D eigenvalue weighted by atomic mass is 9.81. The second-order valence-corrected chi connectivity index (χ2v) is 13.3. The number of carbonyl (C=O) groups excluding carboxylic acids is 2. The van der Waals surface area contributed by atoms with Gasteiger partial charge in [0.2, 0.25) is 5.91 Å². The van der Waals surface area contributed by atoms with E-state index in [2.05, 4.69) is 10.6 Å². The molecule has 1 aliphatic carbocycles. The maximum atomic E-state index is 13.4. The lowest BCUT2D eigenvalue weighted by Gasteiger charge is -2.41.